The van der Waals surface area contributed by atoms with Gasteiger partial charge < -0.3 is 4.74 Å². The van der Waals surface area contributed by atoms with Crippen LogP contribution in [0, 0.1) is 0 Å². The minimum atomic E-state index is -4.19. The molecule has 0 atom stereocenters. The molecule has 6 aromatic rings. The van der Waals surface area contributed by atoms with Crippen molar-refractivity contribution in [1.82, 2.24) is 7.94 Å². The maximum absolute atomic E-state index is 13.9. The molecule has 10 heteroatoms. The van der Waals surface area contributed by atoms with Gasteiger partial charge in [0.05, 0.1) is 27.9 Å². The minimum Gasteiger partial charge on any atom is -0.497 e. The Balaban J connectivity index is 1.74. The van der Waals surface area contributed by atoms with Crippen LogP contribution in [0.25, 0.3) is 32.9 Å². The molecule has 0 aliphatic carbocycles. The quantitative estimate of drug-likeness (QED) is 0.233. The molecule has 0 N–H and O–H groups in total. The Labute approximate surface area is 230 Å². The van der Waals surface area contributed by atoms with Crippen LogP contribution in [0.5, 0.6) is 5.75 Å². The van der Waals surface area contributed by atoms with Crippen molar-refractivity contribution in [3.8, 4) is 16.9 Å². The van der Waals surface area contributed by atoms with E-state index in [1.54, 1.807) is 78.9 Å². The highest BCUT2D eigenvalue weighted by molar-refractivity contribution is 7.90. The predicted octanol–water partition coefficient (Wildman–Crippen LogP) is 5.56. The first-order valence-corrected chi connectivity index (χ1v) is 15.1. The van der Waals surface area contributed by atoms with Crippen molar-refractivity contribution in [3.63, 3.8) is 0 Å². The van der Waals surface area contributed by atoms with Crippen molar-refractivity contribution in [3.05, 3.63) is 115 Å². The average molecular weight is 571 g/mol. The van der Waals surface area contributed by atoms with E-state index < -0.39 is 20.0 Å². The molecular formula is C30H22N2O6S2. The highest BCUT2D eigenvalue weighted by Gasteiger charge is 2.30. The lowest BCUT2D eigenvalue weighted by molar-refractivity contribution is 0.111. The summed E-state index contributed by atoms with van der Waals surface area (Å²) in [4.78, 5) is 12.8. The number of carbonyl (C=O) groups is 1. The number of benzene rings is 4. The highest BCUT2D eigenvalue weighted by atomic mass is 32.2. The zero-order chi connectivity index (χ0) is 28.1. The molecule has 0 radical (unpaired) electrons. The van der Waals surface area contributed by atoms with Gasteiger partial charge in [0.25, 0.3) is 20.0 Å². The normalized spacial score (nSPS) is 12.1. The van der Waals surface area contributed by atoms with Gasteiger partial charge in [-0.2, -0.15) is 0 Å². The van der Waals surface area contributed by atoms with Crippen LogP contribution < -0.4 is 4.74 Å². The fourth-order valence-electron chi connectivity index (χ4n) is 4.99. The maximum Gasteiger partial charge on any atom is 0.268 e. The summed E-state index contributed by atoms with van der Waals surface area (Å²) in [5.41, 5.74) is 1.18. The number of carbonyl (C=O) groups excluding carboxylic acids is 1. The number of aromatic nitrogens is 2. The topological polar surface area (TPSA) is 104 Å². The van der Waals surface area contributed by atoms with Crippen molar-refractivity contribution < 1.29 is 26.4 Å². The third-order valence-corrected chi connectivity index (χ3v) is 10.2. The lowest BCUT2D eigenvalue weighted by Crippen LogP contribution is -2.15. The summed E-state index contributed by atoms with van der Waals surface area (Å²) in [6, 6.07) is 27.5. The van der Waals surface area contributed by atoms with Gasteiger partial charge in [0.1, 0.15) is 11.4 Å². The van der Waals surface area contributed by atoms with E-state index in [2.05, 4.69) is 0 Å². The van der Waals surface area contributed by atoms with Crippen LogP contribution in [0.2, 0.25) is 0 Å². The predicted molar refractivity (Wildman–Crippen MR) is 153 cm³/mol. The Morgan fingerprint density at radius 2 is 1.27 bits per heavy atom. The molecule has 8 nitrogen and oxygen atoms in total. The first kappa shape index (κ1) is 25.6. The van der Waals surface area contributed by atoms with Gasteiger partial charge in [-0.15, -0.1) is 0 Å². The molecule has 0 aliphatic rings. The third-order valence-electron chi connectivity index (χ3n) is 6.81. The number of hydrogen-bond acceptors (Lipinski definition) is 6. The Bertz CT molecular complexity index is 2130. The van der Waals surface area contributed by atoms with Gasteiger partial charge >= 0.3 is 0 Å². The molecule has 2 heterocycles. The molecule has 0 amide bonds. The van der Waals surface area contributed by atoms with Crippen LogP contribution in [-0.4, -0.2) is 38.2 Å². The number of ether oxygens (including phenoxy) is 1. The van der Waals surface area contributed by atoms with Crippen LogP contribution in [-0.2, 0) is 20.0 Å². The zero-order valence-corrected chi connectivity index (χ0v) is 22.8. The second kappa shape index (κ2) is 9.51. The molecule has 4 aromatic carbocycles. The summed E-state index contributed by atoms with van der Waals surface area (Å²) in [6.07, 6.45) is 1.92. The van der Waals surface area contributed by atoms with Crippen LogP contribution in [0.1, 0.15) is 10.5 Å². The first-order valence-electron chi connectivity index (χ1n) is 12.2. The molecule has 200 valence electrons. The molecule has 40 heavy (non-hydrogen) atoms. The summed E-state index contributed by atoms with van der Waals surface area (Å²) < 4.78 is 62.9. The lowest BCUT2D eigenvalue weighted by atomic mass is 10.0. The fraction of sp³-hybridized carbons (Fsp3) is 0.0333. The molecule has 0 bridgehead atoms. The van der Waals surface area contributed by atoms with Crippen molar-refractivity contribution >= 4 is 48.1 Å². The standard InChI is InChI=1S/C30H22N2O6S2/c1-38-21-16-17-27-25(18-21)26(19-31(27)39(34,35)22-10-4-2-5-11-22)30-24-14-8-9-15-28(24)32(29(30)20-33)40(36,37)23-12-6-3-7-13-23/h2-20H,1H3. The highest BCUT2D eigenvalue weighted by Crippen LogP contribution is 2.42. The number of fused-ring (bicyclic) bond motifs is 2. The molecule has 2 aromatic heterocycles. The third kappa shape index (κ3) is 3.83. The van der Waals surface area contributed by atoms with Gasteiger partial charge in [-0.25, -0.2) is 24.8 Å². The monoisotopic (exact) mass is 570 g/mol. The average Bonchev–Trinajstić information content (AvgIpc) is 3.54. The number of para-hydroxylation sites is 1. The van der Waals surface area contributed by atoms with E-state index in [-0.39, 0.29) is 21.0 Å². The first-order chi connectivity index (χ1) is 19.3. The van der Waals surface area contributed by atoms with Crippen molar-refractivity contribution in [2.24, 2.45) is 0 Å². The number of aldehydes is 1. The van der Waals surface area contributed by atoms with E-state index in [0.29, 0.717) is 39.5 Å². The summed E-state index contributed by atoms with van der Waals surface area (Å²) in [6.45, 7) is 0. The number of nitrogens with zero attached hydrogens (tertiary/aromatic N) is 2. The Morgan fingerprint density at radius 1 is 0.675 bits per heavy atom. The Hall–Kier alpha value is -4.67. The van der Waals surface area contributed by atoms with E-state index in [1.807, 2.05) is 0 Å². The Kier molecular flexibility index (Phi) is 6.09. The molecule has 0 fully saturated rings. The zero-order valence-electron chi connectivity index (χ0n) is 21.1. The van der Waals surface area contributed by atoms with Crippen LogP contribution in [0.3, 0.4) is 0 Å². The number of hydrogen-bond donors (Lipinski definition) is 0. The van der Waals surface area contributed by atoms with Gasteiger partial charge in [0, 0.05) is 28.1 Å². The SMILES string of the molecule is COc1ccc2c(c1)c(-c1c(C=O)n(S(=O)(=O)c3ccccc3)c3ccccc13)cn2S(=O)(=O)c1ccccc1. The van der Waals surface area contributed by atoms with E-state index in [0.717, 1.165) is 7.94 Å². The summed E-state index contributed by atoms with van der Waals surface area (Å²) >= 11 is 0. The minimum absolute atomic E-state index is 0.0150. The van der Waals surface area contributed by atoms with Gasteiger partial charge in [-0.1, -0.05) is 54.6 Å². The second-order valence-corrected chi connectivity index (χ2v) is 12.6. The fourth-order valence-corrected chi connectivity index (χ4v) is 7.90. The Morgan fingerprint density at radius 3 is 1.90 bits per heavy atom. The molecule has 0 spiro atoms. The smallest absolute Gasteiger partial charge is 0.268 e. The molecule has 0 saturated heterocycles. The van der Waals surface area contributed by atoms with Gasteiger partial charge in [0.15, 0.2) is 6.29 Å². The number of methoxy groups -OCH3 is 1. The molecular weight excluding hydrogens is 548 g/mol. The van der Waals surface area contributed by atoms with Crippen molar-refractivity contribution in [2.75, 3.05) is 7.11 Å². The van der Waals surface area contributed by atoms with E-state index >= 15 is 0 Å². The summed E-state index contributed by atoms with van der Waals surface area (Å²) in [5.74, 6) is 0.469. The van der Waals surface area contributed by atoms with Gasteiger partial charge in [-0.05, 0) is 48.5 Å². The molecule has 0 saturated carbocycles. The largest absolute Gasteiger partial charge is 0.497 e. The van der Waals surface area contributed by atoms with Crippen LogP contribution in [0.4, 0.5) is 0 Å². The molecule has 0 unspecified atom stereocenters. The van der Waals surface area contributed by atoms with Gasteiger partial charge in [0.2, 0.25) is 0 Å². The number of rotatable bonds is 7. The van der Waals surface area contributed by atoms with Crippen molar-refractivity contribution in [2.45, 2.75) is 9.79 Å². The van der Waals surface area contributed by atoms with E-state index in [1.165, 1.54) is 37.6 Å². The van der Waals surface area contributed by atoms with Crippen molar-refractivity contribution in [1.29, 1.82) is 0 Å². The summed E-state index contributed by atoms with van der Waals surface area (Å²) in [7, 11) is -6.74. The molecule has 0 aliphatic heterocycles. The van der Waals surface area contributed by atoms with E-state index in [4.69, 9.17) is 4.74 Å². The molecule has 6 rings (SSSR count). The lowest BCUT2D eigenvalue weighted by Gasteiger charge is -2.09. The second-order valence-electron chi connectivity index (χ2n) is 9.02. The van der Waals surface area contributed by atoms with E-state index in [9.17, 15) is 21.6 Å². The van der Waals surface area contributed by atoms with Gasteiger partial charge in [-0.3, -0.25) is 4.79 Å². The van der Waals surface area contributed by atoms with Crippen LogP contribution in [0.15, 0.2) is 119 Å². The summed E-state index contributed by atoms with van der Waals surface area (Å²) in [5, 5.41) is 0.949. The van der Waals surface area contributed by atoms with Crippen LogP contribution >= 0.6 is 0 Å². The maximum atomic E-state index is 13.9.